The molecule has 1 aliphatic rings. The van der Waals surface area contributed by atoms with Gasteiger partial charge in [-0.3, -0.25) is 9.69 Å². The highest BCUT2D eigenvalue weighted by atomic mass is 32.1. The number of ether oxygens (including phenoxy) is 3. The molecule has 0 bridgehead atoms. The summed E-state index contributed by atoms with van der Waals surface area (Å²) in [6, 6.07) is 13.2. The monoisotopic (exact) mass is 453 g/mol. The number of amides is 1. The molecule has 2 heterocycles. The van der Waals surface area contributed by atoms with Gasteiger partial charge in [0.1, 0.15) is 22.3 Å². The lowest BCUT2D eigenvalue weighted by atomic mass is 10.1. The van der Waals surface area contributed by atoms with E-state index in [2.05, 4.69) is 10.3 Å². The SMILES string of the molecule is COc1ccc(-c2nc(CN3CCN(C(=O)c4cc(OC)cc(OC)c4)CC3)cs2)cc1. The Bertz CT molecular complexity index is 1040. The van der Waals surface area contributed by atoms with Gasteiger partial charge >= 0.3 is 0 Å². The third-order valence-electron chi connectivity index (χ3n) is 5.53. The van der Waals surface area contributed by atoms with Gasteiger partial charge in [-0.05, 0) is 36.4 Å². The van der Waals surface area contributed by atoms with E-state index in [0.29, 0.717) is 30.2 Å². The highest BCUT2D eigenvalue weighted by Crippen LogP contribution is 2.27. The van der Waals surface area contributed by atoms with Crippen molar-refractivity contribution in [3.63, 3.8) is 0 Å². The number of aromatic nitrogens is 1. The first-order chi connectivity index (χ1) is 15.6. The zero-order valence-electron chi connectivity index (χ0n) is 18.5. The summed E-state index contributed by atoms with van der Waals surface area (Å²) in [5, 5.41) is 3.11. The average molecular weight is 454 g/mol. The smallest absolute Gasteiger partial charge is 0.254 e. The maximum atomic E-state index is 13.0. The largest absolute Gasteiger partial charge is 0.497 e. The minimum atomic E-state index is -0.00250. The Morgan fingerprint density at radius 2 is 1.53 bits per heavy atom. The van der Waals surface area contributed by atoms with Crippen LogP contribution in [-0.4, -0.2) is 68.2 Å². The van der Waals surface area contributed by atoms with Gasteiger partial charge in [0.15, 0.2) is 0 Å². The fraction of sp³-hybridized carbons (Fsp3) is 0.333. The summed E-state index contributed by atoms with van der Waals surface area (Å²) >= 11 is 1.65. The second-order valence-corrected chi connectivity index (χ2v) is 8.40. The quantitative estimate of drug-likeness (QED) is 0.542. The molecule has 0 aliphatic carbocycles. The third kappa shape index (κ3) is 5.03. The van der Waals surface area contributed by atoms with Crippen LogP contribution in [0.5, 0.6) is 17.2 Å². The van der Waals surface area contributed by atoms with Crippen LogP contribution in [0.1, 0.15) is 16.1 Å². The number of thiazole rings is 1. The summed E-state index contributed by atoms with van der Waals surface area (Å²) in [6.07, 6.45) is 0. The third-order valence-corrected chi connectivity index (χ3v) is 6.47. The van der Waals surface area contributed by atoms with Crippen LogP contribution in [0.2, 0.25) is 0 Å². The van der Waals surface area contributed by atoms with E-state index >= 15 is 0 Å². The molecule has 4 rings (SSSR count). The van der Waals surface area contributed by atoms with Crippen molar-refractivity contribution in [3.05, 3.63) is 59.1 Å². The molecule has 8 heteroatoms. The van der Waals surface area contributed by atoms with Crippen molar-refractivity contribution in [2.45, 2.75) is 6.54 Å². The number of hydrogen-bond donors (Lipinski definition) is 0. The van der Waals surface area contributed by atoms with Crippen LogP contribution in [-0.2, 0) is 6.54 Å². The lowest BCUT2D eigenvalue weighted by Crippen LogP contribution is -2.48. The molecule has 3 aromatic rings. The number of rotatable bonds is 7. The van der Waals surface area contributed by atoms with Crippen LogP contribution in [0.4, 0.5) is 0 Å². The van der Waals surface area contributed by atoms with Gasteiger partial charge in [0.2, 0.25) is 0 Å². The maximum Gasteiger partial charge on any atom is 0.254 e. The van der Waals surface area contributed by atoms with Gasteiger partial charge in [-0.1, -0.05) is 0 Å². The molecule has 7 nitrogen and oxygen atoms in total. The molecule has 0 spiro atoms. The van der Waals surface area contributed by atoms with Gasteiger partial charge in [-0.2, -0.15) is 0 Å². The molecule has 0 unspecified atom stereocenters. The molecule has 168 valence electrons. The average Bonchev–Trinajstić information content (AvgIpc) is 3.32. The number of carbonyl (C=O) groups is 1. The van der Waals surface area contributed by atoms with Crippen LogP contribution in [0.15, 0.2) is 47.8 Å². The molecule has 0 atom stereocenters. The Morgan fingerprint density at radius 1 is 0.906 bits per heavy atom. The first-order valence-electron chi connectivity index (χ1n) is 10.4. The fourth-order valence-electron chi connectivity index (χ4n) is 3.70. The van der Waals surface area contributed by atoms with Crippen LogP contribution in [0.3, 0.4) is 0 Å². The van der Waals surface area contributed by atoms with Crippen molar-refractivity contribution >= 4 is 17.2 Å². The molecule has 1 fully saturated rings. The predicted molar refractivity (Wildman–Crippen MR) is 125 cm³/mol. The van der Waals surface area contributed by atoms with Crippen molar-refractivity contribution in [1.29, 1.82) is 0 Å². The number of methoxy groups -OCH3 is 3. The Labute approximate surface area is 192 Å². The van der Waals surface area contributed by atoms with Crippen LogP contribution < -0.4 is 14.2 Å². The van der Waals surface area contributed by atoms with E-state index < -0.39 is 0 Å². The number of piperazine rings is 1. The van der Waals surface area contributed by atoms with Gasteiger partial charge in [0.05, 0.1) is 27.0 Å². The number of carbonyl (C=O) groups excluding carboxylic acids is 1. The maximum absolute atomic E-state index is 13.0. The van der Waals surface area contributed by atoms with Crippen molar-refractivity contribution in [1.82, 2.24) is 14.8 Å². The summed E-state index contributed by atoms with van der Waals surface area (Å²) in [5.74, 6) is 2.06. The fourth-order valence-corrected chi connectivity index (χ4v) is 4.51. The van der Waals surface area contributed by atoms with E-state index in [0.717, 1.165) is 41.6 Å². The lowest BCUT2D eigenvalue weighted by molar-refractivity contribution is 0.0626. The zero-order chi connectivity index (χ0) is 22.5. The van der Waals surface area contributed by atoms with Gasteiger partial charge in [-0.15, -0.1) is 11.3 Å². The van der Waals surface area contributed by atoms with E-state index in [1.807, 2.05) is 29.2 Å². The van der Waals surface area contributed by atoms with Gasteiger partial charge in [0, 0.05) is 55.3 Å². The standard InChI is InChI=1S/C24H27N3O4S/c1-29-20-6-4-17(5-7-20)23-25-19(16-32-23)15-26-8-10-27(11-9-26)24(28)18-12-21(30-2)14-22(13-18)31-3/h4-7,12-14,16H,8-11,15H2,1-3H3. The molecule has 32 heavy (non-hydrogen) atoms. The molecule has 0 N–H and O–H groups in total. The highest BCUT2D eigenvalue weighted by Gasteiger charge is 2.23. The number of hydrogen-bond acceptors (Lipinski definition) is 7. The van der Waals surface area contributed by atoms with Crippen LogP contribution in [0, 0.1) is 0 Å². The molecule has 1 aliphatic heterocycles. The van der Waals surface area contributed by atoms with Crippen molar-refractivity contribution in [3.8, 4) is 27.8 Å². The van der Waals surface area contributed by atoms with Gasteiger partial charge < -0.3 is 19.1 Å². The first kappa shape index (κ1) is 22.1. The normalized spacial score (nSPS) is 14.3. The van der Waals surface area contributed by atoms with E-state index in [-0.39, 0.29) is 5.91 Å². The topological polar surface area (TPSA) is 64.1 Å². The minimum Gasteiger partial charge on any atom is -0.497 e. The molecular weight excluding hydrogens is 426 g/mol. The van der Waals surface area contributed by atoms with E-state index in [9.17, 15) is 4.79 Å². The molecule has 1 aromatic heterocycles. The molecule has 0 radical (unpaired) electrons. The molecule has 1 amide bonds. The highest BCUT2D eigenvalue weighted by molar-refractivity contribution is 7.13. The Balaban J connectivity index is 1.34. The number of nitrogens with zero attached hydrogens (tertiary/aromatic N) is 3. The molecule has 2 aromatic carbocycles. The summed E-state index contributed by atoms with van der Waals surface area (Å²) in [7, 11) is 4.83. The second-order valence-electron chi connectivity index (χ2n) is 7.54. The molecule has 0 saturated carbocycles. The molecular formula is C24H27N3O4S. The summed E-state index contributed by atoms with van der Waals surface area (Å²) < 4.78 is 15.8. The summed E-state index contributed by atoms with van der Waals surface area (Å²) in [4.78, 5) is 22.0. The second kappa shape index (κ2) is 10.0. The van der Waals surface area contributed by atoms with Crippen LogP contribution >= 0.6 is 11.3 Å². The van der Waals surface area contributed by atoms with E-state index in [1.54, 1.807) is 50.9 Å². The Morgan fingerprint density at radius 3 is 2.12 bits per heavy atom. The summed E-state index contributed by atoms with van der Waals surface area (Å²) in [6.45, 7) is 3.74. The predicted octanol–water partition coefficient (Wildman–Crippen LogP) is 3.79. The summed E-state index contributed by atoms with van der Waals surface area (Å²) in [5.41, 5.74) is 2.72. The van der Waals surface area contributed by atoms with Crippen molar-refractivity contribution < 1.29 is 19.0 Å². The Hall–Kier alpha value is -3.10. The van der Waals surface area contributed by atoms with Gasteiger partial charge in [0.25, 0.3) is 5.91 Å². The minimum absolute atomic E-state index is 0.00250. The molecule has 1 saturated heterocycles. The van der Waals surface area contributed by atoms with Crippen LogP contribution in [0.25, 0.3) is 10.6 Å². The van der Waals surface area contributed by atoms with Crippen molar-refractivity contribution in [2.24, 2.45) is 0 Å². The van der Waals surface area contributed by atoms with E-state index in [1.165, 1.54) is 0 Å². The number of benzene rings is 2. The Kier molecular flexibility index (Phi) is 6.92. The van der Waals surface area contributed by atoms with Gasteiger partial charge in [-0.25, -0.2) is 4.98 Å². The lowest BCUT2D eigenvalue weighted by Gasteiger charge is -2.34. The van der Waals surface area contributed by atoms with Crippen molar-refractivity contribution in [2.75, 3.05) is 47.5 Å². The zero-order valence-corrected chi connectivity index (χ0v) is 19.4. The van der Waals surface area contributed by atoms with E-state index in [4.69, 9.17) is 19.2 Å². The first-order valence-corrected chi connectivity index (χ1v) is 11.3.